The number of terminal acetylenes is 1. The molecule has 1 aliphatic carbocycles. The molecule has 3 fully saturated rings. The highest BCUT2D eigenvalue weighted by Gasteiger charge is 2.42. The Labute approximate surface area is 287 Å². The molecule has 2 unspecified atom stereocenters. The number of benzene rings is 1. The van der Waals surface area contributed by atoms with Gasteiger partial charge in [0.05, 0.1) is 24.0 Å². The number of nitrogens with two attached hydrogens (primary N) is 1. The van der Waals surface area contributed by atoms with Gasteiger partial charge >= 0.3 is 0 Å². The van der Waals surface area contributed by atoms with E-state index in [0.29, 0.717) is 24.3 Å². The van der Waals surface area contributed by atoms with Crippen molar-refractivity contribution in [2.24, 2.45) is 22.7 Å². The molecular formula is C40H65N7. The van der Waals surface area contributed by atoms with Gasteiger partial charge in [-0.05, 0) is 94.7 Å². The van der Waals surface area contributed by atoms with Gasteiger partial charge in [-0.3, -0.25) is 4.90 Å². The van der Waals surface area contributed by atoms with Gasteiger partial charge in [0.15, 0.2) is 0 Å². The van der Waals surface area contributed by atoms with Crippen molar-refractivity contribution in [3.05, 3.63) is 66.5 Å². The number of fused-ring (bicyclic) bond motifs is 1. The van der Waals surface area contributed by atoms with Crippen molar-refractivity contribution in [2.75, 3.05) is 39.8 Å². The Balaban J connectivity index is 0.00000192. The number of piperazine rings is 1. The van der Waals surface area contributed by atoms with Gasteiger partial charge in [0, 0.05) is 44.0 Å². The molecule has 1 aromatic carbocycles. The molecule has 4 N–H and O–H groups in total. The zero-order chi connectivity index (χ0) is 34.6. The molecule has 2 aliphatic heterocycles. The lowest BCUT2D eigenvalue weighted by Crippen LogP contribution is -2.53. The Morgan fingerprint density at radius 3 is 2.36 bits per heavy atom. The van der Waals surface area contributed by atoms with Gasteiger partial charge in [0.25, 0.3) is 0 Å². The molecule has 260 valence electrons. The van der Waals surface area contributed by atoms with Crippen LogP contribution in [-0.4, -0.2) is 71.9 Å². The second-order valence-electron chi connectivity index (χ2n) is 14.4. The van der Waals surface area contributed by atoms with Crippen LogP contribution in [-0.2, 0) is 0 Å². The summed E-state index contributed by atoms with van der Waals surface area (Å²) < 4.78 is 0. The van der Waals surface area contributed by atoms with E-state index in [1.165, 1.54) is 57.1 Å². The molecule has 0 aromatic heterocycles. The third-order valence-electron chi connectivity index (χ3n) is 10.6. The zero-order valence-electron chi connectivity index (χ0n) is 30.6. The smallest absolute Gasteiger partial charge is 0.138 e. The topological polar surface area (TPSA) is 72.2 Å². The Morgan fingerprint density at radius 1 is 1.11 bits per heavy atom. The Bertz CT molecular complexity index is 1230. The van der Waals surface area contributed by atoms with Crippen LogP contribution in [0.3, 0.4) is 0 Å². The molecule has 7 nitrogen and oxygen atoms in total. The first-order chi connectivity index (χ1) is 22.5. The summed E-state index contributed by atoms with van der Waals surface area (Å²) in [6, 6.07) is 9.89. The van der Waals surface area contributed by atoms with E-state index < -0.39 is 0 Å². The maximum Gasteiger partial charge on any atom is 0.138 e. The van der Waals surface area contributed by atoms with Gasteiger partial charge in [0.1, 0.15) is 5.84 Å². The molecule has 1 saturated carbocycles. The second kappa shape index (κ2) is 18.2. The molecule has 2 saturated heterocycles. The molecule has 2 atom stereocenters. The molecule has 7 heteroatoms. The predicted molar refractivity (Wildman–Crippen MR) is 202 cm³/mol. The fourth-order valence-corrected chi connectivity index (χ4v) is 7.72. The summed E-state index contributed by atoms with van der Waals surface area (Å²) in [5, 5.41) is 7.35. The molecule has 0 spiro atoms. The minimum absolute atomic E-state index is 0.0382. The van der Waals surface area contributed by atoms with E-state index >= 15 is 0 Å². The largest absolute Gasteiger partial charge is 0.384 e. The predicted octanol–water partition coefficient (Wildman–Crippen LogP) is 7.32. The van der Waals surface area contributed by atoms with Crippen molar-refractivity contribution in [3.63, 3.8) is 0 Å². The van der Waals surface area contributed by atoms with Crippen LogP contribution in [0, 0.1) is 24.2 Å². The van der Waals surface area contributed by atoms with Gasteiger partial charge in [-0.2, -0.15) is 5.10 Å². The van der Waals surface area contributed by atoms with Crippen molar-refractivity contribution >= 4 is 11.5 Å². The van der Waals surface area contributed by atoms with Crippen LogP contribution in [0.4, 0.5) is 0 Å². The molecule has 0 amide bonds. The summed E-state index contributed by atoms with van der Waals surface area (Å²) in [4.78, 5) is 7.96. The molecule has 0 radical (unpaired) electrons. The Kier molecular flexibility index (Phi) is 14.8. The lowest BCUT2D eigenvalue weighted by molar-refractivity contribution is 0.0351. The van der Waals surface area contributed by atoms with Crippen molar-refractivity contribution in [1.29, 1.82) is 0 Å². The maximum absolute atomic E-state index is 5.96. The summed E-state index contributed by atoms with van der Waals surface area (Å²) >= 11 is 0. The minimum Gasteiger partial charge on any atom is -0.384 e. The maximum atomic E-state index is 5.96. The van der Waals surface area contributed by atoms with Gasteiger partial charge in [-0.25, -0.2) is 0 Å². The molecule has 1 aromatic rings. The lowest BCUT2D eigenvalue weighted by Gasteiger charge is -2.53. The van der Waals surface area contributed by atoms with Gasteiger partial charge in [-0.15, -0.1) is 12.3 Å². The molecule has 3 aliphatic rings. The van der Waals surface area contributed by atoms with E-state index in [9.17, 15) is 0 Å². The number of rotatable bonds is 15. The van der Waals surface area contributed by atoms with E-state index in [4.69, 9.17) is 18.9 Å². The average molecular weight is 644 g/mol. The third-order valence-corrected chi connectivity index (χ3v) is 10.6. The first-order valence-electron chi connectivity index (χ1n) is 18.0. The van der Waals surface area contributed by atoms with Crippen molar-refractivity contribution in [1.82, 2.24) is 25.4 Å². The molecule has 0 bridgehead atoms. The van der Waals surface area contributed by atoms with E-state index in [0.717, 1.165) is 61.0 Å². The third kappa shape index (κ3) is 10.3. The second-order valence-corrected chi connectivity index (χ2v) is 14.4. The summed E-state index contributed by atoms with van der Waals surface area (Å²) in [5.74, 6) is 4.20. The van der Waals surface area contributed by atoms with E-state index in [-0.39, 0.29) is 11.6 Å². The highest BCUT2D eigenvalue weighted by molar-refractivity contribution is 5.83. The first kappa shape index (κ1) is 38.1. The van der Waals surface area contributed by atoms with Gasteiger partial charge in [-0.1, -0.05) is 71.2 Å². The monoisotopic (exact) mass is 644 g/mol. The normalized spacial score (nSPS) is 23.5. The van der Waals surface area contributed by atoms with Crippen molar-refractivity contribution < 1.29 is 0 Å². The molecule has 2 heterocycles. The SMILES string of the molecule is C#CC.C=C(NC/C(N)=N/NC)c1ccc(C(CCC(C)C)N(C(=C)C(=C)N2CCN3CCCC3C2)C2(C)CCC(CC)CC2)cc1. The van der Waals surface area contributed by atoms with Crippen LogP contribution >= 0.6 is 0 Å². The quantitative estimate of drug-likeness (QED) is 0.0612. The fourth-order valence-electron chi connectivity index (χ4n) is 7.72. The molecular weight excluding hydrogens is 578 g/mol. The van der Waals surface area contributed by atoms with Crippen LogP contribution < -0.4 is 16.5 Å². The fraction of sp³-hybridized carbons (Fsp3) is 0.625. The standard InChI is InChI=1S/C37H61N7.C3H4/c1-9-31-18-20-37(7,21-19-31)44(30(6)29(5)43-24-23-42-22-10-11-34(42)26-43)35(17-12-27(2)3)33-15-13-32(14-16-33)28(4)40-25-36(38)41-39-8;1-3-2/h13-16,27,31,34-35,39-40H,4-6,9-12,17-26H2,1-3,7-8H3,(H2,38,41);1H,2H3. The number of nitrogens with zero attached hydrogens (tertiary/aromatic N) is 4. The highest BCUT2D eigenvalue weighted by Crippen LogP contribution is 2.46. The van der Waals surface area contributed by atoms with Crippen molar-refractivity contribution in [2.45, 2.75) is 110 Å². The average Bonchev–Trinajstić information content (AvgIpc) is 3.54. The van der Waals surface area contributed by atoms with Crippen LogP contribution in [0.15, 0.2) is 60.5 Å². The Hall–Kier alpha value is -3.37. The van der Waals surface area contributed by atoms with Crippen LogP contribution in [0.5, 0.6) is 0 Å². The van der Waals surface area contributed by atoms with E-state index in [1.807, 2.05) is 0 Å². The number of hydrogen-bond donors (Lipinski definition) is 3. The van der Waals surface area contributed by atoms with Gasteiger partial charge in [0.2, 0.25) is 0 Å². The lowest BCUT2D eigenvalue weighted by atomic mass is 9.74. The van der Waals surface area contributed by atoms with Crippen LogP contribution in [0.1, 0.15) is 110 Å². The summed E-state index contributed by atoms with van der Waals surface area (Å²) in [6.07, 6.45) is 15.7. The highest BCUT2D eigenvalue weighted by atomic mass is 15.3. The number of nitrogens with one attached hydrogen (secondary N) is 2. The summed E-state index contributed by atoms with van der Waals surface area (Å²) in [5.41, 5.74) is 14.2. The number of amidine groups is 1. The van der Waals surface area contributed by atoms with E-state index in [1.54, 1.807) is 14.0 Å². The molecule has 47 heavy (non-hydrogen) atoms. The van der Waals surface area contributed by atoms with Crippen LogP contribution in [0.25, 0.3) is 5.70 Å². The zero-order valence-corrected chi connectivity index (χ0v) is 30.6. The summed E-state index contributed by atoms with van der Waals surface area (Å²) in [7, 11) is 1.74. The van der Waals surface area contributed by atoms with Crippen LogP contribution in [0.2, 0.25) is 0 Å². The minimum atomic E-state index is 0.0382. The Morgan fingerprint density at radius 2 is 1.77 bits per heavy atom. The van der Waals surface area contributed by atoms with E-state index in [2.05, 4.69) is 101 Å². The van der Waals surface area contributed by atoms with Gasteiger partial charge < -0.3 is 26.3 Å². The number of hydrazone groups is 1. The first-order valence-corrected chi connectivity index (χ1v) is 18.0. The number of hydrogen-bond acceptors (Lipinski definition) is 6. The van der Waals surface area contributed by atoms with Crippen molar-refractivity contribution in [3.8, 4) is 12.3 Å². The molecule has 4 rings (SSSR count). The summed E-state index contributed by atoms with van der Waals surface area (Å²) in [6.45, 7) is 30.0.